The molecule has 0 aliphatic rings. The van der Waals surface area contributed by atoms with E-state index in [1.807, 2.05) is 0 Å². The molecule has 0 bridgehead atoms. The van der Waals surface area contributed by atoms with Crippen LogP contribution in [0, 0.1) is 5.41 Å². The Morgan fingerprint density at radius 3 is 2.62 bits per heavy atom. The van der Waals surface area contributed by atoms with Gasteiger partial charge in [0.25, 0.3) is 0 Å². The lowest BCUT2D eigenvalue weighted by atomic mass is 9.97. The zero-order valence-corrected chi connectivity index (χ0v) is 10.3. The third-order valence-corrected chi connectivity index (χ3v) is 2.56. The van der Waals surface area contributed by atoms with Crippen LogP contribution in [0.25, 0.3) is 10.9 Å². The van der Waals surface area contributed by atoms with Crippen LogP contribution in [0.2, 0.25) is 0 Å². The van der Waals surface area contributed by atoms with E-state index >= 15 is 0 Å². The quantitative estimate of drug-likeness (QED) is 0.809. The Hall–Kier alpha value is -1.28. The van der Waals surface area contributed by atoms with Gasteiger partial charge in [0.2, 0.25) is 0 Å². The molecular weight excluding hydrogens is 196 g/mol. The molecule has 16 heavy (non-hydrogen) atoms. The van der Waals surface area contributed by atoms with Gasteiger partial charge in [0.15, 0.2) is 0 Å². The van der Waals surface area contributed by atoms with Gasteiger partial charge in [0.1, 0.15) is 0 Å². The van der Waals surface area contributed by atoms with Gasteiger partial charge in [-0.1, -0.05) is 39.0 Å². The van der Waals surface area contributed by atoms with Gasteiger partial charge in [-0.15, -0.1) is 0 Å². The molecule has 2 nitrogen and oxygen atoms in total. The van der Waals surface area contributed by atoms with Crippen LogP contribution >= 0.6 is 0 Å². The van der Waals surface area contributed by atoms with E-state index in [1.165, 1.54) is 16.6 Å². The number of nitrogens with one attached hydrogen (secondary N) is 2. The highest BCUT2D eigenvalue weighted by atomic mass is 14.9. The largest absolute Gasteiger partial charge is 0.357 e. The molecule has 0 saturated heterocycles. The smallest absolute Gasteiger partial charge is 0.0456 e. The summed E-state index contributed by atoms with van der Waals surface area (Å²) in [5, 5.41) is 4.76. The molecule has 0 saturated carbocycles. The van der Waals surface area contributed by atoms with Gasteiger partial charge in [-0.2, -0.15) is 0 Å². The molecule has 0 aliphatic carbocycles. The van der Waals surface area contributed by atoms with Crippen LogP contribution in [0.3, 0.4) is 0 Å². The Morgan fingerprint density at radius 1 is 1.19 bits per heavy atom. The minimum absolute atomic E-state index is 0.339. The van der Waals surface area contributed by atoms with E-state index in [-0.39, 0.29) is 0 Å². The first-order valence-electron chi connectivity index (χ1n) is 5.82. The molecule has 1 aromatic carbocycles. The lowest BCUT2D eigenvalue weighted by Gasteiger charge is -2.18. The Balaban J connectivity index is 2.00. The first kappa shape index (κ1) is 11.2. The molecule has 0 radical (unpaired) electrons. The Labute approximate surface area is 97.1 Å². The van der Waals surface area contributed by atoms with E-state index in [0.29, 0.717) is 5.41 Å². The number of hydrogen-bond donors (Lipinski definition) is 2. The molecule has 1 heterocycles. The van der Waals surface area contributed by atoms with Gasteiger partial charge < -0.3 is 10.3 Å². The number of aromatic amines is 1. The number of rotatable bonds is 3. The minimum atomic E-state index is 0.339. The second kappa shape index (κ2) is 4.30. The highest BCUT2D eigenvalue weighted by Crippen LogP contribution is 2.15. The molecule has 0 aliphatic heterocycles. The molecule has 1 aromatic heterocycles. The Bertz CT molecular complexity index is 430. The van der Waals surface area contributed by atoms with Crippen LogP contribution in [-0.4, -0.2) is 11.5 Å². The van der Waals surface area contributed by atoms with Crippen molar-refractivity contribution in [2.75, 3.05) is 6.54 Å². The fourth-order valence-electron chi connectivity index (χ4n) is 1.80. The summed E-state index contributed by atoms with van der Waals surface area (Å²) in [4.78, 5) is 3.42. The Kier molecular flexibility index (Phi) is 3.01. The second-order valence-electron chi connectivity index (χ2n) is 5.55. The second-order valence-corrected chi connectivity index (χ2v) is 5.55. The van der Waals surface area contributed by atoms with Crippen LogP contribution in [0.1, 0.15) is 26.5 Å². The van der Waals surface area contributed by atoms with Gasteiger partial charge in [-0.3, -0.25) is 0 Å². The van der Waals surface area contributed by atoms with Crippen LogP contribution in [0.5, 0.6) is 0 Å². The summed E-state index contributed by atoms with van der Waals surface area (Å²) in [5.41, 5.74) is 2.81. The number of benzene rings is 1. The van der Waals surface area contributed by atoms with Gasteiger partial charge >= 0.3 is 0 Å². The van der Waals surface area contributed by atoms with Crippen molar-refractivity contribution in [2.24, 2.45) is 5.41 Å². The third kappa shape index (κ3) is 2.86. The van der Waals surface area contributed by atoms with E-state index < -0.39 is 0 Å². The normalized spacial score (nSPS) is 12.2. The SMILES string of the molecule is CC(C)(C)CNCc1cc2ccccc2[nH]1. The summed E-state index contributed by atoms with van der Waals surface area (Å²) in [6, 6.07) is 10.6. The predicted octanol–water partition coefficient (Wildman–Crippen LogP) is 3.30. The molecule has 2 heteroatoms. The molecule has 2 N–H and O–H groups in total. The van der Waals surface area contributed by atoms with Crippen molar-refractivity contribution in [3.05, 3.63) is 36.0 Å². The summed E-state index contributed by atoms with van der Waals surface area (Å²) < 4.78 is 0. The topological polar surface area (TPSA) is 27.8 Å². The molecule has 2 aromatic rings. The molecule has 86 valence electrons. The van der Waals surface area contributed by atoms with E-state index in [9.17, 15) is 0 Å². The fraction of sp³-hybridized carbons (Fsp3) is 0.429. The van der Waals surface area contributed by atoms with Gasteiger partial charge in [0, 0.05) is 24.3 Å². The Morgan fingerprint density at radius 2 is 1.94 bits per heavy atom. The molecule has 0 unspecified atom stereocenters. The van der Waals surface area contributed by atoms with E-state index in [2.05, 4.69) is 61.4 Å². The number of fused-ring (bicyclic) bond motifs is 1. The monoisotopic (exact) mass is 216 g/mol. The average Bonchev–Trinajstić information content (AvgIpc) is 2.57. The molecule has 0 amide bonds. The average molecular weight is 216 g/mol. The van der Waals surface area contributed by atoms with Crippen molar-refractivity contribution >= 4 is 10.9 Å². The maximum atomic E-state index is 3.47. The summed E-state index contributed by atoms with van der Waals surface area (Å²) in [6.07, 6.45) is 0. The van der Waals surface area contributed by atoms with E-state index in [4.69, 9.17) is 0 Å². The highest BCUT2D eigenvalue weighted by molar-refractivity contribution is 5.80. The lowest BCUT2D eigenvalue weighted by Crippen LogP contribution is -2.26. The minimum Gasteiger partial charge on any atom is -0.357 e. The first-order chi connectivity index (χ1) is 7.54. The first-order valence-corrected chi connectivity index (χ1v) is 5.82. The highest BCUT2D eigenvalue weighted by Gasteiger charge is 2.09. The van der Waals surface area contributed by atoms with Crippen LogP contribution < -0.4 is 5.32 Å². The van der Waals surface area contributed by atoms with Crippen molar-refractivity contribution in [1.29, 1.82) is 0 Å². The number of aromatic nitrogens is 1. The standard InChI is InChI=1S/C14H20N2/c1-14(2,3)10-15-9-12-8-11-6-4-5-7-13(11)16-12/h4-8,15-16H,9-10H2,1-3H3. The van der Waals surface area contributed by atoms with E-state index in [0.717, 1.165) is 13.1 Å². The van der Waals surface area contributed by atoms with Crippen molar-refractivity contribution in [2.45, 2.75) is 27.3 Å². The van der Waals surface area contributed by atoms with Crippen LogP contribution in [-0.2, 0) is 6.54 Å². The van der Waals surface area contributed by atoms with Crippen molar-refractivity contribution in [3.63, 3.8) is 0 Å². The van der Waals surface area contributed by atoms with E-state index in [1.54, 1.807) is 0 Å². The maximum absolute atomic E-state index is 3.47. The zero-order chi connectivity index (χ0) is 11.6. The number of para-hydroxylation sites is 1. The summed E-state index contributed by atoms with van der Waals surface area (Å²) >= 11 is 0. The van der Waals surface area contributed by atoms with Crippen molar-refractivity contribution < 1.29 is 0 Å². The fourth-order valence-corrected chi connectivity index (χ4v) is 1.80. The summed E-state index contributed by atoms with van der Waals surface area (Å²) in [7, 11) is 0. The van der Waals surface area contributed by atoms with Crippen LogP contribution in [0.4, 0.5) is 0 Å². The van der Waals surface area contributed by atoms with Crippen molar-refractivity contribution in [1.82, 2.24) is 10.3 Å². The third-order valence-electron chi connectivity index (χ3n) is 2.56. The van der Waals surface area contributed by atoms with Crippen LogP contribution in [0.15, 0.2) is 30.3 Å². The molecule has 0 spiro atoms. The van der Waals surface area contributed by atoms with Gasteiger partial charge in [-0.25, -0.2) is 0 Å². The molecular formula is C14H20N2. The van der Waals surface area contributed by atoms with Gasteiger partial charge in [0.05, 0.1) is 0 Å². The summed E-state index contributed by atoms with van der Waals surface area (Å²) in [6.45, 7) is 8.66. The lowest BCUT2D eigenvalue weighted by molar-refractivity contribution is 0.378. The van der Waals surface area contributed by atoms with Crippen molar-refractivity contribution in [3.8, 4) is 0 Å². The molecule has 2 rings (SSSR count). The number of H-pyrrole nitrogens is 1. The molecule has 0 fully saturated rings. The molecule has 0 atom stereocenters. The summed E-state index contributed by atoms with van der Waals surface area (Å²) in [5.74, 6) is 0. The van der Waals surface area contributed by atoms with Gasteiger partial charge in [-0.05, 0) is 22.9 Å². The zero-order valence-electron chi connectivity index (χ0n) is 10.3. The predicted molar refractivity (Wildman–Crippen MR) is 69.5 cm³/mol. The maximum Gasteiger partial charge on any atom is 0.0456 e. The number of hydrogen-bond acceptors (Lipinski definition) is 1.